The summed E-state index contributed by atoms with van der Waals surface area (Å²) in [4.78, 5) is 0. The normalized spacial score (nSPS) is 20.7. The maximum absolute atomic E-state index is 12.9. The first-order chi connectivity index (χ1) is 6.18. The van der Waals surface area contributed by atoms with Crippen LogP contribution < -0.4 is 4.74 Å². The molecular weight excluding hydrogens is 214 g/mol. The minimum atomic E-state index is -0.983. The number of hydrogen-bond donors (Lipinski definition) is 0. The molecule has 4 heteroatoms. The smallest absolute Gasteiger partial charge is 0.142 e. The van der Waals surface area contributed by atoms with Crippen LogP contribution >= 0.6 is 23.2 Å². The number of ether oxygens (including phenoxy) is 1. The largest absolute Gasteiger partial charge is 0.489 e. The van der Waals surface area contributed by atoms with Crippen molar-refractivity contribution in [1.29, 1.82) is 0 Å². The Morgan fingerprint density at radius 1 is 1.31 bits per heavy atom. The lowest BCUT2D eigenvalue weighted by atomic mass is 10.1. The van der Waals surface area contributed by atoms with E-state index >= 15 is 0 Å². The molecule has 0 saturated heterocycles. The first-order valence-electron chi connectivity index (χ1n) is 3.92. The molecule has 0 saturated carbocycles. The van der Waals surface area contributed by atoms with Crippen LogP contribution in [0.25, 0.3) is 0 Å². The molecule has 0 unspecified atom stereocenters. The third kappa shape index (κ3) is 1.61. The Bertz CT molecular complexity index is 341. The van der Waals surface area contributed by atoms with E-state index in [4.69, 9.17) is 27.9 Å². The molecule has 0 amide bonds. The molecular formula is C9H7Cl2FO. The predicted molar refractivity (Wildman–Crippen MR) is 50.6 cm³/mol. The molecule has 1 aliphatic rings. The van der Waals surface area contributed by atoms with Crippen LogP contribution in [-0.4, -0.2) is 12.8 Å². The van der Waals surface area contributed by atoms with Gasteiger partial charge < -0.3 is 4.74 Å². The van der Waals surface area contributed by atoms with Crippen molar-refractivity contribution in [3.05, 3.63) is 27.7 Å². The molecule has 0 aromatic heterocycles. The van der Waals surface area contributed by atoms with E-state index in [-0.39, 0.29) is 13.0 Å². The van der Waals surface area contributed by atoms with E-state index in [0.717, 1.165) is 0 Å². The van der Waals surface area contributed by atoms with Gasteiger partial charge in [0, 0.05) is 17.0 Å². The van der Waals surface area contributed by atoms with Crippen LogP contribution in [0.3, 0.4) is 0 Å². The second-order valence-electron chi connectivity index (χ2n) is 2.95. The third-order valence-corrected chi connectivity index (χ3v) is 2.64. The van der Waals surface area contributed by atoms with E-state index < -0.39 is 6.17 Å². The fourth-order valence-corrected chi connectivity index (χ4v) is 1.83. The average Bonchev–Trinajstić information content (AvgIpc) is 2.12. The van der Waals surface area contributed by atoms with E-state index in [0.29, 0.717) is 21.4 Å². The van der Waals surface area contributed by atoms with Gasteiger partial charge in [0.1, 0.15) is 18.5 Å². The summed E-state index contributed by atoms with van der Waals surface area (Å²) in [5.74, 6) is 0.531. The second kappa shape index (κ2) is 3.35. The summed E-state index contributed by atoms with van der Waals surface area (Å²) in [6.45, 7) is 0.0626. The highest BCUT2D eigenvalue weighted by Gasteiger charge is 2.23. The Kier molecular flexibility index (Phi) is 2.35. The molecule has 1 nitrogen and oxygen atoms in total. The highest BCUT2D eigenvalue weighted by Crippen LogP contribution is 2.37. The molecule has 0 fully saturated rings. The molecule has 0 bridgehead atoms. The Balaban J connectivity index is 2.51. The topological polar surface area (TPSA) is 9.23 Å². The maximum Gasteiger partial charge on any atom is 0.142 e. The molecule has 0 spiro atoms. The van der Waals surface area contributed by atoms with Crippen LogP contribution in [0.5, 0.6) is 5.75 Å². The summed E-state index contributed by atoms with van der Waals surface area (Å²) < 4.78 is 18.1. The van der Waals surface area contributed by atoms with Gasteiger partial charge in [0.25, 0.3) is 0 Å². The van der Waals surface area contributed by atoms with Crippen molar-refractivity contribution in [1.82, 2.24) is 0 Å². The fourth-order valence-electron chi connectivity index (χ4n) is 1.38. The Morgan fingerprint density at radius 3 is 2.77 bits per heavy atom. The summed E-state index contributed by atoms with van der Waals surface area (Å²) in [5, 5.41) is 1.01. The van der Waals surface area contributed by atoms with Crippen molar-refractivity contribution in [2.45, 2.75) is 12.6 Å². The first kappa shape index (κ1) is 9.10. The number of hydrogen-bond acceptors (Lipinski definition) is 1. The van der Waals surface area contributed by atoms with Crippen molar-refractivity contribution in [2.24, 2.45) is 0 Å². The quantitative estimate of drug-likeness (QED) is 0.653. The van der Waals surface area contributed by atoms with Crippen molar-refractivity contribution in [3.8, 4) is 5.75 Å². The zero-order valence-electron chi connectivity index (χ0n) is 6.69. The molecule has 1 aromatic rings. The van der Waals surface area contributed by atoms with Gasteiger partial charge in [-0.15, -0.1) is 0 Å². The summed E-state index contributed by atoms with van der Waals surface area (Å²) >= 11 is 11.7. The zero-order valence-corrected chi connectivity index (χ0v) is 8.20. The minimum absolute atomic E-state index is 0.0626. The lowest BCUT2D eigenvalue weighted by Crippen LogP contribution is -2.22. The van der Waals surface area contributed by atoms with Gasteiger partial charge >= 0.3 is 0 Å². The van der Waals surface area contributed by atoms with Crippen molar-refractivity contribution >= 4 is 23.2 Å². The molecule has 0 radical (unpaired) electrons. The second-order valence-corrected chi connectivity index (χ2v) is 3.76. The average molecular weight is 221 g/mol. The summed E-state index contributed by atoms with van der Waals surface area (Å²) in [7, 11) is 0. The monoisotopic (exact) mass is 220 g/mol. The van der Waals surface area contributed by atoms with Gasteiger partial charge in [0.15, 0.2) is 0 Å². The van der Waals surface area contributed by atoms with Crippen molar-refractivity contribution in [2.75, 3.05) is 6.61 Å². The molecule has 0 N–H and O–H groups in total. The van der Waals surface area contributed by atoms with E-state index in [1.54, 1.807) is 12.1 Å². The van der Waals surface area contributed by atoms with E-state index in [9.17, 15) is 4.39 Å². The highest BCUT2D eigenvalue weighted by molar-refractivity contribution is 6.34. The molecule has 1 aromatic carbocycles. The zero-order chi connectivity index (χ0) is 9.42. The molecule has 2 rings (SSSR count). The van der Waals surface area contributed by atoms with Gasteiger partial charge in [0.05, 0.1) is 5.02 Å². The number of fused-ring (bicyclic) bond motifs is 1. The van der Waals surface area contributed by atoms with Crippen molar-refractivity contribution in [3.63, 3.8) is 0 Å². The Morgan fingerprint density at radius 2 is 2.00 bits per heavy atom. The van der Waals surface area contributed by atoms with Crippen LogP contribution in [0, 0.1) is 0 Å². The Labute approximate surface area is 85.4 Å². The lowest BCUT2D eigenvalue weighted by molar-refractivity contribution is 0.174. The SMILES string of the molecule is F[C@H]1COc2c(Cl)ccc(Cl)c2C1. The van der Waals surface area contributed by atoms with Crippen molar-refractivity contribution < 1.29 is 9.13 Å². The molecule has 1 aliphatic heterocycles. The van der Waals surface area contributed by atoms with Crippen LogP contribution in [0.15, 0.2) is 12.1 Å². The fraction of sp³-hybridized carbons (Fsp3) is 0.333. The van der Waals surface area contributed by atoms with Gasteiger partial charge in [-0.3, -0.25) is 0 Å². The van der Waals surface area contributed by atoms with E-state index in [2.05, 4.69) is 0 Å². The summed E-state index contributed by atoms with van der Waals surface area (Å²) in [5.41, 5.74) is 0.674. The summed E-state index contributed by atoms with van der Waals surface area (Å²) in [6.07, 6.45) is -0.696. The maximum atomic E-state index is 12.9. The van der Waals surface area contributed by atoms with Crippen LogP contribution in [0.2, 0.25) is 10.0 Å². The molecule has 13 heavy (non-hydrogen) atoms. The summed E-state index contributed by atoms with van der Waals surface area (Å²) in [6, 6.07) is 3.31. The third-order valence-electron chi connectivity index (χ3n) is 1.99. The molecule has 0 aliphatic carbocycles. The van der Waals surface area contributed by atoms with E-state index in [1.165, 1.54) is 0 Å². The molecule has 1 atom stereocenters. The van der Waals surface area contributed by atoms with Gasteiger partial charge in [-0.1, -0.05) is 23.2 Å². The van der Waals surface area contributed by atoms with Crippen LogP contribution in [-0.2, 0) is 6.42 Å². The number of halogens is 3. The van der Waals surface area contributed by atoms with Gasteiger partial charge in [-0.05, 0) is 12.1 Å². The number of benzene rings is 1. The van der Waals surface area contributed by atoms with Gasteiger partial charge in [-0.25, -0.2) is 4.39 Å². The standard InChI is InChI=1S/C9H7Cl2FO/c10-7-1-2-8(11)9-6(7)3-5(12)4-13-9/h1-2,5H,3-4H2/t5-/m1/s1. The number of alkyl halides is 1. The van der Waals surface area contributed by atoms with Gasteiger partial charge in [0.2, 0.25) is 0 Å². The lowest BCUT2D eigenvalue weighted by Gasteiger charge is -2.21. The molecule has 70 valence electrons. The van der Waals surface area contributed by atoms with E-state index in [1.807, 2.05) is 0 Å². The predicted octanol–water partition coefficient (Wildman–Crippen LogP) is 3.27. The Hall–Kier alpha value is -0.470. The van der Waals surface area contributed by atoms with Crippen LogP contribution in [0.4, 0.5) is 4.39 Å². The first-order valence-corrected chi connectivity index (χ1v) is 4.68. The minimum Gasteiger partial charge on any atom is -0.489 e. The highest BCUT2D eigenvalue weighted by atomic mass is 35.5. The van der Waals surface area contributed by atoms with Crippen LogP contribution in [0.1, 0.15) is 5.56 Å². The van der Waals surface area contributed by atoms with Gasteiger partial charge in [-0.2, -0.15) is 0 Å². The number of rotatable bonds is 0. The molecule has 1 heterocycles.